The quantitative estimate of drug-likeness (QED) is 0.797. The van der Waals surface area contributed by atoms with Crippen LogP contribution in [-0.2, 0) is 22.8 Å². The molecule has 0 saturated carbocycles. The van der Waals surface area contributed by atoms with E-state index in [9.17, 15) is 4.21 Å². The molecule has 0 spiro atoms. The molecule has 1 atom stereocenters. The summed E-state index contributed by atoms with van der Waals surface area (Å²) >= 11 is 0. The summed E-state index contributed by atoms with van der Waals surface area (Å²) in [4.78, 5) is 0.569. The minimum atomic E-state index is -2.62. The Bertz CT molecular complexity index is 428. The standard InChI is InChI=1S/C7H12N4OS.2ClH/c1-13(8,12)7-5-10-11-3-2-9-4-6(7)11;;/h5,8-9H,2-4H2,1H3;2*1H. The minimum Gasteiger partial charge on any atom is -0.309 e. The molecular weight excluding hydrogens is 259 g/mol. The molecule has 88 valence electrons. The van der Waals surface area contributed by atoms with Crippen LogP contribution in [0.3, 0.4) is 0 Å². The van der Waals surface area contributed by atoms with Crippen LogP contribution in [0.4, 0.5) is 0 Å². The van der Waals surface area contributed by atoms with Gasteiger partial charge in [-0.1, -0.05) is 0 Å². The zero-order valence-corrected chi connectivity index (χ0v) is 10.7. The van der Waals surface area contributed by atoms with Crippen LogP contribution < -0.4 is 5.32 Å². The normalized spacial score (nSPS) is 17.9. The molecule has 15 heavy (non-hydrogen) atoms. The number of halogens is 2. The van der Waals surface area contributed by atoms with Crippen molar-refractivity contribution < 1.29 is 4.21 Å². The van der Waals surface area contributed by atoms with Crippen molar-refractivity contribution in [3.63, 3.8) is 0 Å². The fourth-order valence-electron chi connectivity index (χ4n) is 1.48. The lowest BCUT2D eigenvalue weighted by molar-refractivity contribution is 0.471. The van der Waals surface area contributed by atoms with Crippen LogP contribution in [-0.4, -0.2) is 26.8 Å². The van der Waals surface area contributed by atoms with E-state index in [1.807, 2.05) is 4.68 Å². The van der Waals surface area contributed by atoms with Crippen molar-refractivity contribution in [1.82, 2.24) is 15.1 Å². The number of fused-ring (bicyclic) bond motifs is 1. The molecule has 0 radical (unpaired) electrons. The number of hydrogen-bond donors (Lipinski definition) is 2. The Balaban J connectivity index is 0.000000980. The van der Waals surface area contributed by atoms with E-state index in [0.717, 1.165) is 18.8 Å². The molecule has 1 aliphatic heterocycles. The lowest BCUT2D eigenvalue weighted by Gasteiger charge is -2.15. The van der Waals surface area contributed by atoms with Crippen molar-refractivity contribution in [3.05, 3.63) is 11.9 Å². The molecule has 1 aliphatic rings. The van der Waals surface area contributed by atoms with E-state index in [1.54, 1.807) is 6.20 Å². The molecule has 0 saturated heterocycles. The number of nitrogens with one attached hydrogen (secondary N) is 2. The van der Waals surface area contributed by atoms with Gasteiger partial charge in [-0.05, 0) is 0 Å². The second kappa shape index (κ2) is 5.16. The lowest BCUT2D eigenvalue weighted by atomic mass is 10.3. The summed E-state index contributed by atoms with van der Waals surface area (Å²) in [6.45, 7) is 2.35. The first-order valence-corrected chi connectivity index (χ1v) is 6.05. The second-order valence-corrected chi connectivity index (χ2v) is 5.33. The smallest absolute Gasteiger partial charge is 0.0894 e. The first kappa shape index (κ1) is 14.7. The predicted molar refractivity (Wildman–Crippen MR) is 63.5 cm³/mol. The molecule has 0 bridgehead atoms. The average molecular weight is 273 g/mol. The molecule has 0 aromatic carbocycles. The second-order valence-electron chi connectivity index (χ2n) is 3.20. The molecule has 1 aromatic rings. The number of nitrogens with zero attached hydrogens (tertiary/aromatic N) is 2. The molecule has 5 nitrogen and oxygen atoms in total. The highest BCUT2D eigenvalue weighted by Gasteiger charge is 2.18. The molecule has 0 aliphatic carbocycles. The number of rotatable bonds is 1. The summed E-state index contributed by atoms with van der Waals surface area (Å²) in [5, 5.41) is 7.27. The third-order valence-corrected chi connectivity index (χ3v) is 3.30. The molecule has 1 aromatic heterocycles. The van der Waals surface area contributed by atoms with Gasteiger partial charge in [0.2, 0.25) is 0 Å². The Morgan fingerprint density at radius 3 is 2.87 bits per heavy atom. The van der Waals surface area contributed by atoms with E-state index in [2.05, 4.69) is 10.4 Å². The third kappa shape index (κ3) is 2.84. The van der Waals surface area contributed by atoms with E-state index in [0.29, 0.717) is 11.4 Å². The third-order valence-electron chi connectivity index (χ3n) is 2.12. The molecule has 2 N–H and O–H groups in total. The molecule has 1 unspecified atom stereocenters. The molecule has 0 fully saturated rings. The van der Waals surface area contributed by atoms with Crippen molar-refractivity contribution >= 4 is 34.5 Å². The van der Waals surface area contributed by atoms with Crippen molar-refractivity contribution in [1.29, 1.82) is 4.78 Å². The first-order chi connectivity index (χ1) is 6.09. The van der Waals surface area contributed by atoms with Crippen LogP contribution in [0.25, 0.3) is 0 Å². The highest BCUT2D eigenvalue weighted by atomic mass is 35.5. The number of hydrogen-bond acceptors (Lipinski definition) is 4. The van der Waals surface area contributed by atoms with E-state index in [-0.39, 0.29) is 24.8 Å². The van der Waals surface area contributed by atoms with Crippen LogP contribution in [0, 0.1) is 4.78 Å². The van der Waals surface area contributed by atoms with Crippen molar-refractivity contribution in [2.24, 2.45) is 0 Å². The van der Waals surface area contributed by atoms with E-state index in [4.69, 9.17) is 4.78 Å². The van der Waals surface area contributed by atoms with Gasteiger partial charge < -0.3 is 5.32 Å². The molecule has 0 amide bonds. The van der Waals surface area contributed by atoms with Gasteiger partial charge in [0.05, 0.1) is 33.1 Å². The van der Waals surface area contributed by atoms with Gasteiger partial charge in [-0.2, -0.15) is 5.10 Å². The van der Waals surface area contributed by atoms with Crippen molar-refractivity contribution in [2.45, 2.75) is 18.0 Å². The van der Waals surface area contributed by atoms with Crippen LogP contribution in [0.5, 0.6) is 0 Å². The lowest BCUT2D eigenvalue weighted by Crippen LogP contribution is -2.29. The van der Waals surface area contributed by atoms with Crippen molar-refractivity contribution in [2.75, 3.05) is 12.8 Å². The Morgan fingerprint density at radius 1 is 1.60 bits per heavy atom. The Hall–Kier alpha value is -0.300. The zero-order chi connectivity index (χ0) is 9.47. The van der Waals surface area contributed by atoms with E-state index in [1.165, 1.54) is 6.26 Å². The summed E-state index contributed by atoms with van der Waals surface area (Å²) in [6, 6.07) is 0. The summed E-state index contributed by atoms with van der Waals surface area (Å²) in [5.74, 6) is 0. The maximum absolute atomic E-state index is 11.5. The Labute approximate surface area is 101 Å². The monoisotopic (exact) mass is 272 g/mol. The molecule has 2 heterocycles. The molecular formula is C7H14Cl2N4OS. The summed E-state index contributed by atoms with van der Waals surface area (Å²) in [7, 11) is -2.62. The van der Waals surface area contributed by atoms with Gasteiger partial charge in [-0.15, -0.1) is 24.8 Å². The fourth-order valence-corrected chi connectivity index (χ4v) is 2.36. The van der Waals surface area contributed by atoms with E-state index < -0.39 is 9.73 Å². The predicted octanol–water partition coefficient (Wildman–Crippen LogP) is 0.865. The van der Waals surface area contributed by atoms with Gasteiger partial charge in [0, 0.05) is 19.3 Å². The van der Waals surface area contributed by atoms with E-state index >= 15 is 0 Å². The molecule has 2 rings (SSSR count). The SMILES string of the molecule is CS(=N)(=O)c1cnn2c1CNCC2.Cl.Cl. The fraction of sp³-hybridized carbons (Fsp3) is 0.571. The topological polar surface area (TPSA) is 70.8 Å². The first-order valence-electron chi connectivity index (χ1n) is 4.08. The van der Waals surface area contributed by atoms with Gasteiger partial charge in [0.1, 0.15) is 0 Å². The van der Waals surface area contributed by atoms with Crippen LogP contribution >= 0.6 is 24.8 Å². The maximum atomic E-state index is 11.5. The van der Waals surface area contributed by atoms with Gasteiger partial charge in [0.15, 0.2) is 0 Å². The maximum Gasteiger partial charge on any atom is 0.0894 e. The average Bonchev–Trinajstić information content (AvgIpc) is 2.45. The minimum absolute atomic E-state index is 0. The summed E-state index contributed by atoms with van der Waals surface area (Å²) in [5.41, 5.74) is 0.897. The van der Waals surface area contributed by atoms with Gasteiger partial charge in [-0.25, -0.2) is 8.99 Å². The molecule has 8 heteroatoms. The van der Waals surface area contributed by atoms with Gasteiger partial charge in [0.25, 0.3) is 0 Å². The van der Waals surface area contributed by atoms with Crippen molar-refractivity contribution in [3.8, 4) is 0 Å². The summed E-state index contributed by atoms with van der Waals surface area (Å²) < 4.78 is 20.8. The van der Waals surface area contributed by atoms with Crippen LogP contribution in [0.2, 0.25) is 0 Å². The van der Waals surface area contributed by atoms with Crippen LogP contribution in [0.15, 0.2) is 11.1 Å². The van der Waals surface area contributed by atoms with Gasteiger partial charge >= 0.3 is 0 Å². The largest absolute Gasteiger partial charge is 0.309 e. The Kier molecular flexibility index (Phi) is 5.05. The Morgan fingerprint density at radius 2 is 2.27 bits per heavy atom. The highest BCUT2D eigenvalue weighted by Crippen LogP contribution is 2.17. The number of aromatic nitrogens is 2. The summed E-state index contributed by atoms with van der Waals surface area (Å²) in [6.07, 6.45) is 2.98. The van der Waals surface area contributed by atoms with Crippen LogP contribution in [0.1, 0.15) is 5.69 Å². The van der Waals surface area contributed by atoms with Gasteiger partial charge in [-0.3, -0.25) is 4.68 Å². The highest BCUT2D eigenvalue weighted by molar-refractivity contribution is 7.91. The zero-order valence-electron chi connectivity index (χ0n) is 8.23.